The first-order chi connectivity index (χ1) is 8.81. The number of carbonyl (C=O) groups excluding carboxylic acids is 1. The van der Waals surface area contributed by atoms with Crippen molar-refractivity contribution in [3.8, 4) is 0 Å². The average Bonchev–Trinajstić information content (AvgIpc) is 2.27. The van der Waals surface area contributed by atoms with Gasteiger partial charge in [-0.15, -0.1) is 0 Å². The molecule has 0 radical (unpaired) electrons. The highest BCUT2D eigenvalue weighted by atomic mass is 16.6. The van der Waals surface area contributed by atoms with Crippen LogP contribution in [-0.2, 0) is 4.79 Å². The summed E-state index contributed by atoms with van der Waals surface area (Å²) in [6.07, 6.45) is 0. The molecule has 3 N–H and O–H groups in total. The maximum atomic E-state index is 11.4. The number of aliphatic carboxylic acids is 1. The standard InChI is InChI=1S/C11H13N3O5/c1-6-5-8(3-4-9(6)14(18)19)13-11(17)12-7(2)10(15)16/h3-5,7H,1-2H3,(H,15,16)(H2,12,13,17)/t7-/m1/s1. The molecular weight excluding hydrogens is 254 g/mol. The lowest BCUT2D eigenvalue weighted by atomic mass is 10.2. The average molecular weight is 267 g/mol. The highest BCUT2D eigenvalue weighted by Crippen LogP contribution is 2.21. The number of amides is 2. The smallest absolute Gasteiger partial charge is 0.325 e. The summed E-state index contributed by atoms with van der Waals surface area (Å²) in [6.45, 7) is 2.87. The van der Waals surface area contributed by atoms with Gasteiger partial charge >= 0.3 is 12.0 Å². The summed E-state index contributed by atoms with van der Waals surface area (Å²) in [6, 6.07) is 2.35. The summed E-state index contributed by atoms with van der Waals surface area (Å²) in [5.74, 6) is -1.16. The molecule has 0 aromatic heterocycles. The molecule has 1 aromatic carbocycles. The van der Waals surface area contributed by atoms with Gasteiger partial charge in [0.25, 0.3) is 5.69 Å². The summed E-state index contributed by atoms with van der Waals surface area (Å²) < 4.78 is 0. The third kappa shape index (κ3) is 3.95. The molecule has 102 valence electrons. The van der Waals surface area contributed by atoms with Crippen LogP contribution < -0.4 is 10.6 Å². The number of anilines is 1. The molecule has 0 fully saturated rings. The molecule has 0 unspecified atom stereocenters. The van der Waals surface area contributed by atoms with Crippen LogP contribution >= 0.6 is 0 Å². The Bertz CT molecular complexity index is 529. The predicted molar refractivity (Wildman–Crippen MR) is 67.1 cm³/mol. The molecule has 0 saturated heterocycles. The van der Waals surface area contributed by atoms with Gasteiger partial charge in [-0.1, -0.05) is 0 Å². The molecule has 0 heterocycles. The Morgan fingerprint density at radius 2 is 2.05 bits per heavy atom. The van der Waals surface area contributed by atoms with Crippen LogP contribution in [0.2, 0.25) is 0 Å². The molecule has 2 amide bonds. The van der Waals surface area contributed by atoms with Gasteiger partial charge in [-0.3, -0.25) is 14.9 Å². The number of aryl methyl sites for hydroxylation is 1. The summed E-state index contributed by atoms with van der Waals surface area (Å²) in [5.41, 5.74) is 0.692. The van der Waals surface area contributed by atoms with E-state index in [0.29, 0.717) is 11.3 Å². The van der Waals surface area contributed by atoms with E-state index in [1.165, 1.54) is 25.1 Å². The normalized spacial score (nSPS) is 11.5. The minimum absolute atomic E-state index is 0.0511. The third-order valence-corrected chi connectivity index (χ3v) is 2.37. The molecule has 0 aliphatic carbocycles. The fraction of sp³-hybridized carbons (Fsp3) is 0.273. The molecule has 1 atom stereocenters. The van der Waals surface area contributed by atoms with Gasteiger partial charge in [0, 0.05) is 17.3 Å². The predicted octanol–water partition coefficient (Wildman–Crippen LogP) is 1.50. The number of nitro groups is 1. The lowest BCUT2D eigenvalue weighted by molar-refractivity contribution is -0.385. The second-order valence-electron chi connectivity index (χ2n) is 3.92. The molecule has 8 heteroatoms. The van der Waals surface area contributed by atoms with Gasteiger partial charge in [0.2, 0.25) is 0 Å². The Balaban J connectivity index is 2.73. The minimum atomic E-state index is -1.16. The Morgan fingerprint density at radius 3 is 2.53 bits per heavy atom. The molecule has 19 heavy (non-hydrogen) atoms. The number of hydrogen-bond acceptors (Lipinski definition) is 4. The number of carboxylic acids is 1. The van der Waals surface area contributed by atoms with E-state index in [4.69, 9.17) is 5.11 Å². The van der Waals surface area contributed by atoms with E-state index >= 15 is 0 Å². The Kier molecular flexibility index (Phi) is 4.41. The SMILES string of the molecule is Cc1cc(NC(=O)N[C@H](C)C(=O)O)ccc1[N+](=O)[O-]. The zero-order chi connectivity index (χ0) is 14.6. The number of carbonyl (C=O) groups is 2. The zero-order valence-corrected chi connectivity index (χ0v) is 10.3. The Hall–Kier alpha value is -2.64. The van der Waals surface area contributed by atoms with Crippen LogP contribution in [0, 0.1) is 17.0 Å². The van der Waals surface area contributed by atoms with Crippen LogP contribution in [0.15, 0.2) is 18.2 Å². The fourth-order valence-electron chi connectivity index (χ4n) is 1.36. The van der Waals surface area contributed by atoms with Crippen LogP contribution in [0.1, 0.15) is 12.5 Å². The highest BCUT2D eigenvalue weighted by Gasteiger charge is 2.15. The molecule has 0 bridgehead atoms. The molecule has 0 aliphatic heterocycles. The van der Waals surface area contributed by atoms with Crippen molar-refractivity contribution in [2.24, 2.45) is 0 Å². The van der Waals surface area contributed by atoms with Gasteiger partial charge in [-0.05, 0) is 26.0 Å². The van der Waals surface area contributed by atoms with Crippen molar-refractivity contribution in [3.05, 3.63) is 33.9 Å². The number of carboxylic acid groups (broad SMARTS) is 1. The van der Waals surface area contributed by atoms with Gasteiger partial charge in [-0.25, -0.2) is 4.79 Å². The van der Waals surface area contributed by atoms with Crippen LogP contribution in [0.4, 0.5) is 16.2 Å². The molecule has 0 spiro atoms. The van der Waals surface area contributed by atoms with Crippen molar-refractivity contribution in [3.63, 3.8) is 0 Å². The first-order valence-corrected chi connectivity index (χ1v) is 5.36. The van der Waals surface area contributed by atoms with E-state index in [1.807, 2.05) is 0 Å². The third-order valence-electron chi connectivity index (χ3n) is 2.37. The topological polar surface area (TPSA) is 122 Å². The number of urea groups is 1. The van der Waals surface area contributed by atoms with Crippen LogP contribution in [0.5, 0.6) is 0 Å². The quantitative estimate of drug-likeness (QED) is 0.563. The van der Waals surface area contributed by atoms with Gasteiger partial charge < -0.3 is 15.7 Å². The van der Waals surface area contributed by atoms with E-state index in [-0.39, 0.29) is 5.69 Å². The van der Waals surface area contributed by atoms with E-state index < -0.39 is 23.0 Å². The Morgan fingerprint density at radius 1 is 1.42 bits per heavy atom. The second kappa shape index (κ2) is 5.80. The second-order valence-corrected chi connectivity index (χ2v) is 3.92. The monoisotopic (exact) mass is 267 g/mol. The van der Waals surface area contributed by atoms with E-state index in [1.54, 1.807) is 6.92 Å². The van der Waals surface area contributed by atoms with Crippen molar-refractivity contribution >= 4 is 23.4 Å². The van der Waals surface area contributed by atoms with Crippen molar-refractivity contribution < 1.29 is 19.6 Å². The number of nitrogens with zero attached hydrogens (tertiary/aromatic N) is 1. The number of rotatable bonds is 4. The molecule has 0 saturated carbocycles. The van der Waals surface area contributed by atoms with Gasteiger partial charge in [0.1, 0.15) is 6.04 Å². The van der Waals surface area contributed by atoms with Gasteiger partial charge in [0.15, 0.2) is 0 Å². The molecular formula is C11H13N3O5. The zero-order valence-electron chi connectivity index (χ0n) is 10.3. The Labute approximate surface area is 108 Å². The molecule has 8 nitrogen and oxygen atoms in total. The van der Waals surface area contributed by atoms with Crippen LogP contribution in [0.25, 0.3) is 0 Å². The van der Waals surface area contributed by atoms with E-state index in [2.05, 4.69) is 10.6 Å². The lowest BCUT2D eigenvalue weighted by Crippen LogP contribution is -2.40. The number of hydrogen-bond donors (Lipinski definition) is 3. The van der Waals surface area contributed by atoms with Crippen molar-refractivity contribution in [2.75, 3.05) is 5.32 Å². The van der Waals surface area contributed by atoms with Gasteiger partial charge in [0.05, 0.1) is 4.92 Å². The highest BCUT2D eigenvalue weighted by molar-refractivity contribution is 5.92. The summed E-state index contributed by atoms with van der Waals surface area (Å²) in [5, 5.41) is 23.8. The number of nitrogens with one attached hydrogen (secondary N) is 2. The van der Waals surface area contributed by atoms with Crippen molar-refractivity contribution in [1.29, 1.82) is 0 Å². The maximum absolute atomic E-state index is 11.4. The summed E-state index contributed by atoms with van der Waals surface area (Å²) >= 11 is 0. The molecule has 1 aromatic rings. The van der Waals surface area contributed by atoms with E-state index in [0.717, 1.165) is 0 Å². The molecule has 0 aliphatic rings. The van der Waals surface area contributed by atoms with Crippen molar-refractivity contribution in [2.45, 2.75) is 19.9 Å². The largest absolute Gasteiger partial charge is 0.480 e. The minimum Gasteiger partial charge on any atom is -0.480 e. The van der Waals surface area contributed by atoms with Crippen molar-refractivity contribution in [1.82, 2.24) is 5.32 Å². The first-order valence-electron chi connectivity index (χ1n) is 5.36. The summed E-state index contributed by atoms with van der Waals surface area (Å²) in [7, 11) is 0. The lowest BCUT2D eigenvalue weighted by Gasteiger charge is -2.11. The number of nitro benzene ring substituents is 1. The van der Waals surface area contributed by atoms with Crippen LogP contribution in [0.3, 0.4) is 0 Å². The van der Waals surface area contributed by atoms with Gasteiger partial charge in [-0.2, -0.15) is 0 Å². The maximum Gasteiger partial charge on any atom is 0.325 e. The molecule has 1 rings (SSSR count). The van der Waals surface area contributed by atoms with Crippen LogP contribution in [-0.4, -0.2) is 28.1 Å². The fourth-order valence-corrected chi connectivity index (χ4v) is 1.36. The summed E-state index contributed by atoms with van der Waals surface area (Å²) in [4.78, 5) is 32.1. The van der Waals surface area contributed by atoms with E-state index in [9.17, 15) is 19.7 Å². The first kappa shape index (κ1) is 14.4. The number of benzene rings is 1.